The lowest BCUT2D eigenvalue weighted by molar-refractivity contribution is -0.136. The lowest BCUT2D eigenvalue weighted by atomic mass is 9.79. The zero-order chi connectivity index (χ0) is 20.0. The molecule has 2 N–H and O–H groups in total. The normalized spacial score (nSPS) is 14.9. The maximum Gasteiger partial charge on any atom is 0.313 e. The van der Waals surface area contributed by atoms with Crippen LogP contribution in [-0.4, -0.2) is 32.6 Å². The molecule has 0 atom stereocenters. The van der Waals surface area contributed by atoms with Gasteiger partial charge in [0.1, 0.15) is 11.5 Å². The van der Waals surface area contributed by atoms with E-state index in [0.717, 1.165) is 25.7 Å². The fraction of sp³-hybridized carbons (Fsp3) is 0.364. The van der Waals surface area contributed by atoms with Gasteiger partial charge < -0.3 is 20.1 Å². The van der Waals surface area contributed by atoms with Crippen LogP contribution in [0.2, 0.25) is 0 Å². The fourth-order valence-corrected chi connectivity index (χ4v) is 3.82. The summed E-state index contributed by atoms with van der Waals surface area (Å²) in [5.74, 6) is -0.341. The summed E-state index contributed by atoms with van der Waals surface area (Å²) < 4.78 is 10.4. The molecule has 0 saturated heterocycles. The van der Waals surface area contributed by atoms with Crippen molar-refractivity contribution < 1.29 is 19.1 Å². The molecule has 0 bridgehead atoms. The Morgan fingerprint density at radius 3 is 2.32 bits per heavy atom. The molecule has 0 aliphatic heterocycles. The molecule has 1 fully saturated rings. The van der Waals surface area contributed by atoms with E-state index in [4.69, 9.17) is 9.47 Å². The van der Waals surface area contributed by atoms with Crippen LogP contribution in [0.3, 0.4) is 0 Å². The lowest BCUT2D eigenvalue weighted by Gasteiger charge is -2.29. The van der Waals surface area contributed by atoms with Gasteiger partial charge in [0.05, 0.1) is 19.9 Å². The van der Waals surface area contributed by atoms with E-state index < -0.39 is 11.8 Å². The predicted octanol–water partition coefficient (Wildman–Crippen LogP) is 3.27. The minimum atomic E-state index is -0.718. The average Bonchev–Trinajstić information content (AvgIpc) is 3.23. The third kappa shape index (κ3) is 4.27. The third-order valence-electron chi connectivity index (χ3n) is 5.40. The van der Waals surface area contributed by atoms with E-state index >= 15 is 0 Å². The molecule has 0 unspecified atom stereocenters. The van der Waals surface area contributed by atoms with E-state index in [1.807, 2.05) is 18.2 Å². The summed E-state index contributed by atoms with van der Waals surface area (Å²) in [5.41, 5.74) is 1.53. The van der Waals surface area contributed by atoms with Gasteiger partial charge in [0, 0.05) is 18.0 Å². The lowest BCUT2D eigenvalue weighted by Crippen LogP contribution is -2.43. The van der Waals surface area contributed by atoms with E-state index in [-0.39, 0.29) is 5.41 Å². The maximum absolute atomic E-state index is 12.4. The first-order chi connectivity index (χ1) is 13.6. The molecule has 2 aromatic carbocycles. The van der Waals surface area contributed by atoms with Gasteiger partial charge in [-0.25, -0.2) is 0 Å². The number of benzene rings is 2. The highest BCUT2D eigenvalue weighted by molar-refractivity contribution is 6.39. The first-order valence-corrected chi connectivity index (χ1v) is 9.45. The first-order valence-electron chi connectivity index (χ1n) is 9.45. The zero-order valence-corrected chi connectivity index (χ0v) is 16.3. The van der Waals surface area contributed by atoms with Crippen LogP contribution < -0.4 is 20.1 Å². The second kappa shape index (κ2) is 8.78. The molecule has 6 heteroatoms. The van der Waals surface area contributed by atoms with Crippen LogP contribution in [-0.2, 0) is 15.0 Å². The molecule has 0 radical (unpaired) electrons. The summed E-state index contributed by atoms with van der Waals surface area (Å²) in [6.07, 6.45) is 4.26. The topological polar surface area (TPSA) is 76.7 Å². The Kier molecular flexibility index (Phi) is 6.19. The van der Waals surface area contributed by atoms with Crippen molar-refractivity contribution in [2.24, 2.45) is 0 Å². The van der Waals surface area contributed by atoms with Crippen LogP contribution in [0.1, 0.15) is 31.2 Å². The molecular weight excluding hydrogens is 356 g/mol. The van der Waals surface area contributed by atoms with Crippen molar-refractivity contribution in [3.8, 4) is 11.5 Å². The number of hydrogen-bond donors (Lipinski definition) is 2. The Labute approximate surface area is 165 Å². The van der Waals surface area contributed by atoms with Gasteiger partial charge in [-0.1, -0.05) is 43.2 Å². The molecule has 0 aromatic heterocycles. The summed E-state index contributed by atoms with van der Waals surface area (Å²) in [6, 6.07) is 15.2. The molecule has 1 aliphatic carbocycles. The van der Waals surface area contributed by atoms with Crippen molar-refractivity contribution in [3.05, 3.63) is 54.1 Å². The summed E-state index contributed by atoms with van der Waals surface area (Å²) in [7, 11) is 3.04. The molecular formula is C22H26N2O4. The van der Waals surface area contributed by atoms with E-state index in [2.05, 4.69) is 22.8 Å². The summed E-state index contributed by atoms with van der Waals surface area (Å²) >= 11 is 0. The molecule has 3 rings (SSSR count). The number of rotatable bonds is 6. The van der Waals surface area contributed by atoms with Gasteiger partial charge >= 0.3 is 11.8 Å². The highest BCUT2D eigenvalue weighted by Crippen LogP contribution is 2.40. The fourth-order valence-electron chi connectivity index (χ4n) is 3.82. The molecule has 1 saturated carbocycles. The van der Waals surface area contributed by atoms with Crippen LogP contribution in [0.15, 0.2) is 48.5 Å². The van der Waals surface area contributed by atoms with Gasteiger partial charge in [0.2, 0.25) is 0 Å². The summed E-state index contributed by atoms with van der Waals surface area (Å²) in [5, 5.41) is 5.44. The molecule has 6 nitrogen and oxygen atoms in total. The molecule has 2 amide bonds. The van der Waals surface area contributed by atoms with Gasteiger partial charge in [0.15, 0.2) is 0 Å². The smallest absolute Gasteiger partial charge is 0.313 e. The number of hydrogen-bond acceptors (Lipinski definition) is 4. The average molecular weight is 382 g/mol. The molecule has 28 heavy (non-hydrogen) atoms. The monoisotopic (exact) mass is 382 g/mol. The van der Waals surface area contributed by atoms with Gasteiger partial charge in [-0.3, -0.25) is 9.59 Å². The van der Waals surface area contributed by atoms with Crippen LogP contribution in [0, 0.1) is 0 Å². The van der Waals surface area contributed by atoms with Gasteiger partial charge in [0.25, 0.3) is 0 Å². The number of nitrogens with one attached hydrogen (secondary N) is 2. The minimum absolute atomic E-state index is 0.102. The molecule has 1 aliphatic rings. The molecule has 0 spiro atoms. The largest absolute Gasteiger partial charge is 0.497 e. The Balaban J connectivity index is 1.65. The Morgan fingerprint density at radius 2 is 1.68 bits per heavy atom. The van der Waals surface area contributed by atoms with E-state index in [1.165, 1.54) is 12.7 Å². The van der Waals surface area contributed by atoms with Crippen molar-refractivity contribution >= 4 is 17.5 Å². The van der Waals surface area contributed by atoms with Gasteiger partial charge in [-0.2, -0.15) is 0 Å². The third-order valence-corrected chi connectivity index (χ3v) is 5.40. The van der Waals surface area contributed by atoms with E-state index in [0.29, 0.717) is 23.7 Å². The number of ether oxygens (including phenoxy) is 2. The van der Waals surface area contributed by atoms with E-state index in [9.17, 15) is 9.59 Å². The number of carbonyl (C=O) groups excluding carboxylic acids is 2. The predicted molar refractivity (Wildman–Crippen MR) is 108 cm³/mol. The van der Waals surface area contributed by atoms with Crippen LogP contribution in [0.25, 0.3) is 0 Å². The van der Waals surface area contributed by atoms with Crippen LogP contribution >= 0.6 is 0 Å². The van der Waals surface area contributed by atoms with Crippen LogP contribution in [0.5, 0.6) is 11.5 Å². The highest BCUT2D eigenvalue weighted by Gasteiger charge is 2.36. The zero-order valence-electron chi connectivity index (χ0n) is 16.3. The SMILES string of the molecule is COc1ccc(NC(=O)C(=O)NCC2(c3ccccc3)CCCC2)c(OC)c1. The van der Waals surface area contributed by atoms with Gasteiger partial charge in [-0.05, 0) is 30.5 Å². The molecule has 148 valence electrons. The van der Waals surface area contributed by atoms with Crippen molar-refractivity contribution in [3.63, 3.8) is 0 Å². The Morgan fingerprint density at radius 1 is 0.964 bits per heavy atom. The number of amides is 2. The molecule has 0 heterocycles. The first kappa shape index (κ1) is 19.7. The van der Waals surface area contributed by atoms with Crippen molar-refractivity contribution in [2.45, 2.75) is 31.1 Å². The van der Waals surface area contributed by atoms with Crippen molar-refractivity contribution in [1.82, 2.24) is 5.32 Å². The van der Waals surface area contributed by atoms with Gasteiger partial charge in [-0.15, -0.1) is 0 Å². The quantitative estimate of drug-likeness (QED) is 0.752. The molecule has 2 aromatic rings. The number of anilines is 1. The highest BCUT2D eigenvalue weighted by atomic mass is 16.5. The van der Waals surface area contributed by atoms with Crippen molar-refractivity contribution in [2.75, 3.05) is 26.1 Å². The maximum atomic E-state index is 12.4. The van der Waals surface area contributed by atoms with Crippen molar-refractivity contribution in [1.29, 1.82) is 0 Å². The Hall–Kier alpha value is -3.02. The summed E-state index contributed by atoms with van der Waals surface area (Å²) in [6.45, 7) is 0.447. The number of methoxy groups -OCH3 is 2. The van der Waals surface area contributed by atoms with Crippen LogP contribution in [0.4, 0.5) is 5.69 Å². The number of carbonyl (C=O) groups is 2. The Bertz CT molecular complexity index is 830. The standard InChI is InChI=1S/C22H26N2O4/c1-27-17-10-11-18(19(14-17)28-2)24-21(26)20(25)23-15-22(12-6-7-13-22)16-8-4-3-5-9-16/h3-5,8-11,14H,6-7,12-13,15H2,1-2H3,(H,23,25)(H,24,26). The van der Waals surface area contributed by atoms with E-state index in [1.54, 1.807) is 25.3 Å². The second-order valence-corrected chi connectivity index (χ2v) is 7.06. The second-order valence-electron chi connectivity index (χ2n) is 7.06. The summed E-state index contributed by atoms with van der Waals surface area (Å²) in [4.78, 5) is 24.8. The minimum Gasteiger partial charge on any atom is -0.497 e.